The van der Waals surface area contributed by atoms with Gasteiger partial charge in [0.25, 0.3) is 0 Å². The summed E-state index contributed by atoms with van der Waals surface area (Å²) < 4.78 is 56.2. The Balaban J connectivity index is 1.37. The lowest BCUT2D eigenvalue weighted by Gasteiger charge is -2.36. The van der Waals surface area contributed by atoms with Crippen LogP contribution in [-0.2, 0) is 14.6 Å². The summed E-state index contributed by atoms with van der Waals surface area (Å²) >= 11 is 1.40. The molecule has 1 N–H and O–H groups in total. The third kappa shape index (κ3) is 4.96. The molecule has 2 aromatic rings. The Hall–Kier alpha value is -2.34. The van der Waals surface area contributed by atoms with Gasteiger partial charge in [0, 0.05) is 55.4 Å². The second-order valence-corrected chi connectivity index (χ2v) is 11.6. The Morgan fingerprint density at radius 3 is 2.42 bits per heavy atom. The van der Waals surface area contributed by atoms with Gasteiger partial charge in [0.05, 0.1) is 5.69 Å². The minimum Gasteiger partial charge on any atom is -0.371 e. The van der Waals surface area contributed by atoms with Crippen LogP contribution in [0.15, 0.2) is 17.0 Å². The standard InChI is InChI=1S/C21H27F2N5O3S2/c1-12(2)19-25-21(32-26-19)27-7-4-13(5-8-27)28-9-6-16(20(28)29)24-17-10-15(23)18(11-14(17)22)33(3,30)31/h10-13,16,24H,4-9H2,1-3H3. The summed E-state index contributed by atoms with van der Waals surface area (Å²) in [5.41, 5.74) is -0.216. The highest BCUT2D eigenvalue weighted by molar-refractivity contribution is 7.90. The zero-order chi connectivity index (χ0) is 23.9. The third-order valence-corrected chi connectivity index (χ3v) is 8.02. The van der Waals surface area contributed by atoms with Gasteiger partial charge in [0.1, 0.15) is 28.4 Å². The van der Waals surface area contributed by atoms with E-state index in [9.17, 15) is 22.0 Å². The zero-order valence-electron chi connectivity index (χ0n) is 18.7. The highest BCUT2D eigenvalue weighted by Crippen LogP contribution is 2.30. The Labute approximate surface area is 196 Å². The highest BCUT2D eigenvalue weighted by Gasteiger charge is 2.38. The predicted octanol–water partition coefficient (Wildman–Crippen LogP) is 3.03. The number of likely N-dealkylation sites (tertiary alicyclic amines) is 1. The summed E-state index contributed by atoms with van der Waals surface area (Å²) in [6.45, 7) is 6.19. The van der Waals surface area contributed by atoms with Crippen LogP contribution in [0, 0.1) is 11.6 Å². The van der Waals surface area contributed by atoms with Crippen LogP contribution in [0.25, 0.3) is 0 Å². The molecular weight excluding hydrogens is 472 g/mol. The Morgan fingerprint density at radius 2 is 1.82 bits per heavy atom. The van der Waals surface area contributed by atoms with E-state index in [2.05, 4.69) is 33.4 Å². The maximum absolute atomic E-state index is 14.4. The Morgan fingerprint density at radius 1 is 1.12 bits per heavy atom. The van der Waals surface area contributed by atoms with Crippen LogP contribution in [0.5, 0.6) is 0 Å². The summed E-state index contributed by atoms with van der Waals surface area (Å²) in [6.07, 6.45) is 2.86. The minimum absolute atomic E-state index is 0.0761. The number of hydrogen-bond acceptors (Lipinski definition) is 8. The summed E-state index contributed by atoms with van der Waals surface area (Å²) in [5, 5.41) is 3.67. The van der Waals surface area contributed by atoms with E-state index in [1.165, 1.54) is 11.5 Å². The number of aromatic nitrogens is 2. The molecule has 0 radical (unpaired) electrons. The fourth-order valence-electron chi connectivity index (χ4n) is 4.27. The van der Waals surface area contributed by atoms with Gasteiger partial charge < -0.3 is 15.1 Å². The molecule has 1 aromatic carbocycles. The van der Waals surface area contributed by atoms with Crippen LogP contribution in [0.1, 0.15) is 44.9 Å². The lowest BCUT2D eigenvalue weighted by molar-refractivity contribution is -0.130. The molecule has 2 fully saturated rings. The van der Waals surface area contributed by atoms with Crippen molar-refractivity contribution in [2.75, 3.05) is 36.1 Å². The molecule has 0 saturated carbocycles. The summed E-state index contributed by atoms with van der Waals surface area (Å²) in [6, 6.07) is 0.844. The van der Waals surface area contributed by atoms with Crippen molar-refractivity contribution in [2.24, 2.45) is 0 Å². The van der Waals surface area contributed by atoms with Crippen molar-refractivity contribution in [3.8, 4) is 0 Å². The maximum atomic E-state index is 14.4. The van der Waals surface area contributed by atoms with Crippen LogP contribution in [0.2, 0.25) is 0 Å². The van der Waals surface area contributed by atoms with Gasteiger partial charge in [-0.05, 0) is 25.3 Å². The average Bonchev–Trinajstić information content (AvgIpc) is 3.38. The van der Waals surface area contributed by atoms with Gasteiger partial charge in [-0.3, -0.25) is 4.79 Å². The monoisotopic (exact) mass is 499 g/mol. The molecule has 12 heteroatoms. The number of nitrogens with zero attached hydrogens (tertiary/aromatic N) is 4. The predicted molar refractivity (Wildman–Crippen MR) is 122 cm³/mol. The van der Waals surface area contributed by atoms with Crippen molar-refractivity contribution in [3.63, 3.8) is 0 Å². The van der Waals surface area contributed by atoms with Gasteiger partial charge in [0.2, 0.25) is 11.0 Å². The quantitative estimate of drug-likeness (QED) is 0.653. The van der Waals surface area contributed by atoms with E-state index < -0.39 is 32.4 Å². The number of anilines is 2. The highest BCUT2D eigenvalue weighted by atomic mass is 32.2. The van der Waals surface area contributed by atoms with Crippen LogP contribution in [0.3, 0.4) is 0 Å². The van der Waals surface area contributed by atoms with E-state index in [-0.39, 0.29) is 23.6 Å². The van der Waals surface area contributed by atoms with Crippen molar-refractivity contribution in [2.45, 2.75) is 56.0 Å². The second-order valence-electron chi connectivity index (χ2n) is 8.86. The molecule has 0 spiro atoms. The molecule has 33 heavy (non-hydrogen) atoms. The third-order valence-electron chi connectivity index (χ3n) is 6.11. The van der Waals surface area contributed by atoms with Gasteiger partial charge in [-0.1, -0.05) is 13.8 Å². The van der Waals surface area contributed by atoms with E-state index >= 15 is 0 Å². The first-order valence-corrected chi connectivity index (χ1v) is 13.6. The number of carbonyl (C=O) groups is 1. The van der Waals surface area contributed by atoms with Crippen molar-refractivity contribution in [3.05, 3.63) is 29.6 Å². The summed E-state index contributed by atoms with van der Waals surface area (Å²) in [5.74, 6) is -0.991. The van der Waals surface area contributed by atoms with E-state index in [4.69, 9.17) is 0 Å². The van der Waals surface area contributed by atoms with Gasteiger partial charge >= 0.3 is 0 Å². The van der Waals surface area contributed by atoms with Crippen LogP contribution in [0.4, 0.5) is 19.6 Å². The van der Waals surface area contributed by atoms with Gasteiger partial charge in [-0.2, -0.15) is 4.37 Å². The first-order chi connectivity index (χ1) is 15.5. The van der Waals surface area contributed by atoms with E-state index in [1.807, 2.05) is 4.90 Å². The largest absolute Gasteiger partial charge is 0.371 e. The summed E-state index contributed by atoms with van der Waals surface area (Å²) in [7, 11) is -3.89. The van der Waals surface area contributed by atoms with Crippen LogP contribution >= 0.6 is 11.5 Å². The molecule has 0 aliphatic carbocycles. The fourth-order valence-corrected chi connectivity index (χ4v) is 5.86. The molecule has 2 aliphatic rings. The maximum Gasteiger partial charge on any atom is 0.245 e. The molecule has 1 unspecified atom stereocenters. The van der Waals surface area contributed by atoms with Crippen molar-refractivity contribution in [1.29, 1.82) is 0 Å². The van der Waals surface area contributed by atoms with Crippen LogP contribution in [-0.4, -0.2) is 66.6 Å². The SMILES string of the molecule is CC(C)c1nsc(N2CCC(N3CCC(Nc4cc(F)c(S(C)(=O)=O)cc4F)C3=O)CC2)n1. The molecule has 1 aromatic heterocycles. The molecule has 3 heterocycles. The molecule has 4 rings (SSSR count). The minimum atomic E-state index is -3.89. The number of amides is 1. The van der Waals surface area contributed by atoms with E-state index in [0.29, 0.717) is 19.0 Å². The Bertz CT molecular complexity index is 1150. The lowest BCUT2D eigenvalue weighted by Crippen LogP contribution is -2.47. The second kappa shape index (κ2) is 9.13. The van der Waals surface area contributed by atoms with Gasteiger partial charge in [-0.15, -0.1) is 0 Å². The summed E-state index contributed by atoms with van der Waals surface area (Å²) in [4.78, 5) is 20.9. The Kier molecular flexibility index (Phi) is 6.59. The topological polar surface area (TPSA) is 95.5 Å². The molecule has 180 valence electrons. The number of carbonyl (C=O) groups excluding carboxylic acids is 1. The number of sulfone groups is 1. The van der Waals surface area contributed by atoms with Gasteiger partial charge in [-0.25, -0.2) is 22.2 Å². The first-order valence-electron chi connectivity index (χ1n) is 10.9. The van der Waals surface area contributed by atoms with Crippen molar-refractivity contribution >= 4 is 38.1 Å². The van der Waals surface area contributed by atoms with Crippen molar-refractivity contribution < 1.29 is 22.0 Å². The van der Waals surface area contributed by atoms with E-state index in [1.54, 1.807) is 0 Å². The fraction of sp³-hybridized carbons (Fsp3) is 0.571. The molecule has 2 saturated heterocycles. The van der Waals surface area contributed by atoms with Crippen molar-refractivity contribution in [1.82, 2.24) is 14.3 Å². The lowest BCUT2D eigenvalue weighted by atomic mass is 10.0. The molecule has 0 bridgehead atoms. The number of hydrogen-bond donors (Lipinski definition) is 1. The number of nitrogens with one attached hydrogen (secondary N) is 1. The number of piperidine rings is 1. The smallest absolute Gasteiger partial charge is 0.245 e. The van der Waals surface area contributed by atoms with Crippen LogP contribution < -0.4 is 10.2 Å². The number of rotatable bonds is 6. The molecule has 1 atom stereocenters. The zero-order valence-corrected chi connectivity index (χ0v) is 20.3. The van der Waals surface area contributed by atoms with E-state index in [0.717, 1.165) is 49.2 Å². The van der Waals surface area contributed by atoms with Gasteiger partial charge in [0.15, 0.2) is 9.84 Å². The molecular formula is C21H27F2N5O3S2. The molecule has 8 nitrogen and oxygen atoms in total. The normalized spacial score (nSPS) is 20.2. The average molecular weight is 500 g/mol. The number of halogens is 2. The molecule has 1 amide bonds. The molecule has 2 aliphatic heterocycles. The number of benzene rings is 1. The first kappa shape index (κ1) is 23.8.